The molecule has 0 spiro atoms. The van der Waals surface area contributed by atoms with Gasteiger partial charge in [0, 0.05) is 12.1 Å². The van der Waals surface area contributed by atoms with E-state index in [1.807, 2.05) is 0 Å². The van der Waals surface area contributed by atoms with E-state index in [2.05, 4.69) is 5.32 Å². The van der Waals surface area contributed by atoms with E-state index in [1.54, 1.807) is 0 Å². The van der Waals surface area contributed by atoms with E-state index >= 15 is 0 Å². The van der Waals surface area contributed by atoms with Crippen LogP contribution in [0.25, 0.3) is 0 Å². The summed E-state index contributed by atoms with van der Waals surface area (Å²) in [6, 6.07) is 0.468. The fourth-order valence-electron chi connectivity index (χ4n) is 2.54. The lowest BCUT2D eigenvalue weighted by Gasteiger charge is -2.23. The van der Waals surface area contributed by atoms with Crippen LogP contribution in [0.15, 0.2) is 0 Å². The molecule has 2 aliphatic rings. The second-order valence-electron chi connectivity index (χ2n) is 4.38. The summed E-state index contributed by atoms with van der Waals surface area (Å²) < 4.78 is 0. The van der Waals surface area contributed by atoms with Crippen molar-refractivity contribution >= 4 is 0 Å². The zero-order valence-electron chi connectivity index (χ0n) is 7.95. The summed E-state index contributed by atoms with van der Waals surface area (Å²) in [6.07, 6.45) is 5.81. The molecule has 4 atom stereocenters. The van der Waals surface area contributed by atoms with E-state index < -0.39 is 0 Å². The highest BCUT2D eigenvalue weighted by atomic mass is 16.3. The highest BCUT2D eigenvalue weighted by Gasteiger charge is 2.31. The molecule has 2 aliphatic carbocycles. The van der Waals surface area contributed by atoms with Gasteiger partial charge in [-0.2, -0.15) is 0 Å². The van der Waals surface area contributed by atoms with Gasteiger partial charge in [-0.15, -0.1) is 0 Å². The topological polar surface area (TPSA) is 52.5 Å². The Morgan fingerprint density at radius 3 is 1.54 bits per heavy atom. The predicted octanol–water partition coefficient (Wildman–Crippen LogP) is 0.403. The maximum atomic E-state index is 9.59. The largest absolute Gasteiger partial charge is 0.392 e. The van der Waals surface area contributed by atoms with Crippen molar-refractivity contribution in [3.8, 4) is 0 Å². The molecule has 3 nitrogen and oxygen atoms in total. The first-order chi connectivity index (χ1) is 6.27. The summed E-state index contributed by atoms with van der Waals surface area (Å²) in [5.41, 5.74) is 0. The summed E-state index contributed by atoms with van der Waals surface area (Å²) in [6.45, 7) is 0. The second-order valence-corrected chi connectivity index (χ2v) is 4.38. The van der Waals surface area contributed by atoms with Gasteiger partial charge in [0.25, 0.3) is 0 Å². The molecule has 0 aromatic carbocycles. The van der Waals surface area contributed by atoms with Crippen molar-refractivity contribution in [2.24, 2.45) is 0 Å². The van der Waals surface area contributed by atoms with Crippen LogP contribution in [-0.4, -0.2) is 34.5 Å². The Morgan fingerprint density at radius 1 is 0.769 bits per heavy atom. The van der Waals surface area contributed by atoms with Crippen molar-refractivity contribution in [3.63, 3.8) is 0 Å². The molecule has 76 valence electrons. The SMILES string of the molecule is O[C@H]1CCC[C@@H]1N[C@H]1CCC[C@@H]1O. The molecule has 13 heavy (non-hydrogen) atoms. The van der Waals surface area contributed by atoms with E-state index in [9.17, 15) is 10.2 Å². The minimum Gasteiger partial charge on any atom is -0.392 e. The van der Waals surface area contributed by atoms with Gasteiger partial charge < -0.3 is 15.5 Å². The zero-order valence-corrected chi connectivity index (χ0v) is 7.95. The lowest BCUT2D eigenvalue weighted by molar-refractivity contribution is 0.108. The van der Waals surface area contributed by atoms with Gasteiger partial charge >= 0.3 is 0 Å². The molecule has 3 heteroatoms. The number of hydrogen-bond acceptors (Lipinski definition) is 3. The van der Waals surface area contributed by atoms with Crippen LogP contribution in [0.4, 0.5) is 0 Å². The Balaban J connectivity index is 1.82. The fourth-order valence-corrected chi connectivity index (χ4v) is 2.54. The average molecular weight is 185 g/mol. The van der Waals surface area contributed by atoms with Gasteiger partial charge in [0.1, 0.15) is 0 Å². The fraction of sp³-hybridized carbons (Fsp3) is 1.00. The first kappa shape index (κ1) is 9.44. The summed E-state index contributed by atoms with van der Waals surface area (Å²) in [5, 5.41) is 22.6. The Kier molecular flexibility index (Phi) is 2.86. The van der Waals surface area contributed by atoms with Crippen LogP contribution in [0.2, 0.25) is 0 Å². The van der Waals surface area contributed by atoms with Gasteiger partial charge in [0.15, 0.2) is 0 Å². The van der Waals surface area contributed by atoms with Gasteiger partial charge in [0.05, 0.1) is 12.2 Å². The Morgan fingerprint density at radius 2 is 1.23 bits per heavy atom. The summed E-state index contributed by atoms with van der Waals surface area (Å²) >= 11 is 0. The number of nitrogens with one attached hydrogen (secondary N) is 1. The molecule has 2 rings (SSSR count). The zero-order chi connectivity index (χ0) is 9.26. The quantitative estimate of drug-likeness (QED) is 0.584. The maximum Gasteiger partial charge on any atom is 0.0693 e. The molecule has 2 fully saturated rings. The molecular formula is C10H19NO2. The van der Waals surface area contributed by atoms with E-state index in [4.69, 9.17) is 0 Å². The lowest BCUT2D eigenvalue weighted by Crippen LogP contribution is -2.45. The molecule has 0 aromatic heterocycles. The van der Waals surface area contributed by atoms with Crippen molar-refractivity contribution in [3.05, 3.63) is 0 Å². The maximum absolute atomic E-state index is 9.59. The van der Waals surface area contributed by atoms with Crippen molar-refractivity contribution in [1.29, 1.82) is 0 Å². The highest BCUT2D eigenvalue weighted by Crippen LogP contribution is 2.24. The number of aliphatic hydroxyl groups is 2. The third kappa shape index (κ3) is 2.03. The standard InChI is InChI=1S/C10H19NO2/c12-9-5-1-3-7(9)11-8-4-2-6-10(8)13/h7-13H,1-6H2/t7-,8-,9-,10-/m0/s1. The van der Waals surface area contributed by atoms with Crippen molar-refractivity contribution in [2.75, 3.05) is 0 Å². The van der Waals surface area contributed by atoms with E-state index in [0.717, 1.165) is 38.5 Å². The van der Waals surface area contributed by atoms with Gasteiger partial charge in [0.2, 0.25) is 0 Å². The molecule has 0 radical (unpaired) electrons. The van der Waals surface area contributed by atoms with Crippen LogP contribution in [0, 0.1) is 0 Å². The predicted molar refractivity (Wildman–Crippen MR) is 50.4 cm³/mol. The van der Waals surface area contributed by atoms with Gasteiger partial charge in [-0.05, 0) is 38.5 Å². The van der Waals surface area contributed by atoms with Crippen LogP contribution in [0.1, 0.15) is 38.5 Å². The van der Waals surface area contributed by atoms with Crippen molar-refractivity contribution in [2.45, 2.75) is 62.8 Å². The molecular weight excluding hydrogens is 166 g/mol. The second kappa shape index (κ2) is 3.95. The molecule has 0 aromatic rings. The molecule has 0 amide bonds. The normalized spacial score (nSPS) is 45.7. The molecule has 0 heterocycles. The monoisotopic (exact) mass is 185 g/mol. The molecule has 0 unspecified atom stereocenters. The number of rotatable bonds is 2. The van der Waals surface area contributed by atoms with E-state index in [-0.39, 0.29) is 24.3 Å². The lowest BCUT2D eigenvalue weighted by atomic mass is 10.1. The van der Waals surface area contributed by atoms with Crippen LogP contribution >= 0.6 is 0 Å². The van der Waals surface area contributed by atoms with E-state index in [0.29, 0.717) is 0 Å². The van der Waals surface area contributed by atoms with Gasteiger partial charge in [-0.25, -0.2) is 0 Å². The molecule has 2 saturated carbocycles. The molecule has 0 aliphatic heterocycles. The van der Waals surface area contributed by atoms with Crippen LogP contribution in [0.5, 0.6) is 0 Å². The smallest absolute Gasteiger partial charge is 0.0693 e. The van der Waals surface area contributed by atoms with Crippen LogP contribution in [0.3, 0.4) is 0 Å². The Labute approximate surface area is 79.2 Å². The van der Waals surface area contributed by atoms with E-state index in [1.165, 1.54) is 0 Å². The van der Waals surface area contributed by atoms with Crippen LogP contribution in [-0.2, 0) is 0 Å². The average Bonchev–Trinajstić information content (AvgIpc) is 2.65. The first-order valence-electron chi connectivity index (χ1n) is 5.39. The van der Waals surface area contributed by atoms with Gasteiger partial charge in [-0.1, -0.05) is 0 Å². The number of aliphatic hydroxyl groups excluding tert-OH is 2. The van der Waals surface area contributed by atoms with Crippen LogP contribution < -0.4 is 5.32 Å². The molecule has 0 bridgehead atoms. The third-order valence-electron chi connectivity index (χ3n) is 3.39. The van der Waals surface area contributed by atoms with Crippen molar-refractivity contribution in [1.82, 2.24) is 5.32 Å². The highest BCUT2D eigenvalue weighted by molar-refractivity contribution is 4.90. The van der Waals surface area contributed by atoms with Gasteiger partial charge in [-0.3, -0.25) is 0 Å². The molecule has 0 saturated heterocycles. The number of hydrogen-bond donors (Lipinski definition) is 3. The molecule has 3 N–H and O–H groups in total. The minimum atomic E-state index is -0.187. The first-order valence-corrected chi connectivity index (χ1v) is 5.39. The summed E-state index contributed by atoms with van der Waals surface area (Å²) in [4.78, 5) is 0. The minimum absolute atomic E-state index is 0.187. The third-order valence-corrected chi connectivity index (χ3v) is 3.39. The Bertz CT molecular complexity index is 156. The Hall–Kier alpha value is -0.120. The summed E-state index contributed by atoms with van der Waals surface area (Å²) in [7, 11) is 0. The van der Waals surface area contributed by atoms with Crippen molar-refractivity contribution < 1.29 is 10.2 Å². The summed E-state index contributed by atoms with van der Waals surface area (Å²) in [5.74, 6) is 0.